The fourth-order valence-corrected chi connectivity index (χ4v) is 1.64. The molecule has 0 saturated carbocycles. The van der Waals surface area contributed by atoms with Crippen LogP contribution in [0.5, 0.6) is 0 Å². The average Bonchev–Trinajstić information content (AvgIpc) is 2.13. The summed E-state index contributed by atoms with van der Waals surface area (Å²) in [7, 11) is 0. The van der Waals surface area contributed by atoms with E-state index in [4.69, 9.17) is 0 Å². The smallest absolute Gasteiger partial charge is 0.220 e. The Hall–Kier alpha value is -0.790. The molecule has 1 N–H and O–H groups in total. The topological polar surface area (TPSA) is 29.1 Å². The van der Waals surface area contributed by atoms with Crippen LogP contribution in [0.1, 0.15) is 32.6 Å². The molecule has 2 heteroatoms. The van der Waals surface area contributed by atoms with Crippen molar-refractivity contribution in [2.45, 2.75) is 38.6 Å². The third kappa shape index (κ3) is 2.68. The van der Waals surface area contributed by atoms with Crippen LogP contribution in [0, 0.1) is 5.92 Å². The number of hydrogen-bond donors (Lipinski definition) is 1. The molecule has 2 atom stereocenters. The molecular formula is C10H17NO. The molecule has 1 saturated heterocycles. The molecule has 0 aromatic heterocycles. The molecule has 1 fully saturated rings. The van der Waals surface area contributed by atoms with E-state index >= 15 is 0 Å². The van der Waals surface area contributed by atoms with Gasteiger partial charge in [-0.2, -0.15) is 0 Å². The molecule has 0 bridgehead atoms. The van der Waals surface area contributed by atoms with E-state index in [0.29, 0.717) is 18.4 Å². The highest BCUT2D eigenvalue weighted by Gasteiger charge is 2.19. The second-order valence-corrected chi connectivity index (χ2v) is 3.68. The van der Waals surface area contributed by atoms with Crippen molar-refractivity contribution >= 4 is 5.91 Å². The maximum atomic E-state index is 11.2. The van der Waals surface area contributed by atoms with Crippen LogP contribution >= 0.6 is 0 Å². The third-order valence-electron chi connectivity index (χ3n) is 2.36. The fraction of sp³-hybridized carbons (Fsp3) is 0.700. The van der Waals surface area contributed by atoms with Gasteiger partial charge in [0.2, 0.25) is 5.91 Å². The summed E-state index contributed by atoms with van der Waals surface area (Å²) in [6, 6.07) is 0.333. The van der Waals surface area contributed by atoms with Crippen molar-refractivity contribution in [1.29, 1.82) is 0 Å². The summed E-state index contributed by atoms with van der Waals surface area (Å²) in [6.45, 7) is 5.81. The fourth-order valence-electron chi connectivity index (χ4n) is 1.64. The van der Waals surface area contributed by atoms with Gasteiger partial charge in [0, 0.05) is 12.5 Å². The largest absolute Gasteiger partial charge is 0.353 e. The van der Waals surface area contributed by atoms with E-state index in [1.807, 2.05) is 6.08 Å². The molecule has 1 heterocycles. The van der Waals surface area contributed by atoms with E-state index < -0.39 is 0 Å². The standard InChI is InChI=1S/C10H17NO/c1-3-4-9-6-5-8(2)7-10(12)11-9/h3,8-9H,1,4-7H2,2H3,(H,11,12). The van der Waals surface area contributed by atoms with Crippen molar-refractivity contribution in [2.24, 2.45) is 5.92 Å². The maximum absolute atomic E-state index is 11.2. The number of amides is 1. The highest BCUT2D eigenvalue weighted by molar-refractivity contribution is 5.76. The third-order valence-corrected chi connectivity index (χ3v) is 2.36. The summed E-state index contributed by atoms with van der Waals surface area (Å²) in [4.78, 5) is 11.2. The summed E-state index contributed by atoms with van der Waals surface area (Å²) in [5, 5.41) is 3.00. The molecule has 1 aliphatic rings. The van der Waals surface area contributed by atoms with E-state index in [0.717, 1.165) is 19.3 Å². The lowest BCUT2D eigenvalue weighted by molar-refractivity contribution is -0.121. The van der Waals surface area contributed by atoms with Gasteiger partial charge in [-0.1, -0.05) is 13.0 Å². The van der Waals surface area contributed by atoms with Gasteiger partial charge in [0.1, 0.15) is 0 Å². The van der Waals surface area contributed by atoms with Crippen LogP contribution in [0.4, 0.5) is 0 Å². The van der Waals surface area contributed by atoms with Crippen molar-refractivity contribution in [1.82, 2.24) is 5.32 Å². The highest BCUT2D eigenvalue weighted by atomic mass is 16.1. The average molecular weight is 167 g/mol. The second kappa shape index (κ2) is 4.29. The zero-order chi connectivity index (χ0) is 8.97. The van der Waals surface area contributed by atoms with Gasteiger partial charge in [0.25, 0.3) is 0 Å². The second-order valence-electron chi connectivity index (χ2n) is 3.68. The molecule has 0 radical (unpaired) electrons. The Kier molecular flexibility index (Phi) is 3.32. The zero-order valence-corrected chi connectivity index (χ0v) is 7.68. The molecule has 1 amide bonds. The maximum Gasteiger partial charge on any atom is 0.220 e. The molecule has 1 aliphatic heterocycles. The van der Waals surface area contributed by atoms with Gasteiger partial charge in [0.15, 0.2) is 0 Å². The van der Waals surface area contributed by atoms with Crippen LogP contribution in [0.15, 0.2) is 12.7 Å². The normalized spacial score (nSPS) is 30.6. The first-order valence-electron chi connectivity index (χ1n) is 4.62. The van der Waals surface area contributed by atoms with Crippen LogP contribution in [-0.2, 0) is 4.79 Å². The van der Waals surface area contributed by atoms with Gasteiger partial charge in [-0.3, -0.25) is 4.79 Å². The minimum absolute atomic E-state index is 0.201. The lowest BCUT2D eigenvalue weighted by Crippen LogP contribution is -2.32. The van der Waals surface area contributed by atoms with Gasteiger partial charge in [-0.05, 0) is 25.2 Å². The van der Waals surface area contributed by atoms with E-state index in [1.165, 1.54) is 0 Å². The molecule has 0 aliphatic carbocycles. The number of nitrogens with one attached hydrogen (secondary N) is 1. The number of carbonyl (C=O) groups is 1. The Labute approximate surface area is 74.0 Å². The van der Waals surface area contributed by atoms with Crippen LogP contribution < -0.4 is 5.32 Å². The number of carbonyl (C=O) groups excluding carboxylic acids is 1. The Balaban J connectivity index is 2.46. The quantitative estimate of drug-likeness (QED) is 0.625. The monoisotopic (exact) mass is 167 g/mol. The summed E-state index contributed by atoms with van der Waals surface area (Å²) >= 11 is 0. The van der Waals surface area contributed by atoms with Crippen LogP contribution in [0.3, 0.4) is 0 Å². The van der Waals surface area contributed by atoms with E-state index in [9.17, 15) is 4.79 Å². The van der Waals surface area contributed by atoms with Gasteiger partial charge in [-0.15, -0.1) is 6.58 Å². The van der Waals surface area contributed by atoms with Crippen molar-refractivity contribution in [3.8, 4) is 0 Å². The Morgan fingerprint density at radius 3 is 3.08 bits per heavy atom. The van der Waals surface area contributed by atoms with E-state index in [2.05, 4.69) is 18.8 Å². The van der Waals surface area contributed by atoms with Crippen LogP contribution in [-0.4, -0.2) is 11.9 Å². The Morgan fingerprint density at radius 2 is 2.42 bits per heavy atom. The first kappa shape index (κ1) is 9.30. The van der Waals surface area contributed by atoms with Crippen molar-refractivity contribution in [2.75, 3.05) is 0 Å². The molecule has 1 rings (SSSR count). The molecule has 0 aromatic rings. The minimum atomic E-state index is 0.201. The summed E-state index contributed by atoms with van der Waals surface area (Å²) < 4.78 is 0. The lowest BCUT2D eigenvalue weighted by atomic mass is 10.0. The molecule has 0 aromatic carbocycles. The molecule has 0 spiro atoms. The summed E-state index contributed by atoms with van der Waals surface area (Å²) in [5.74, 6) is 0.742. The molecular weight excluding hydrogens is 150 g/mol. The molecule has 2 nitrogen and oxygen atoms in total. The van der Waals surface area contributed by atoms with Crippen LogP contribution in [0.25, 0.3) is 0 Å². The van der Waals surface area contributed by atoms with Gasteiger partial charge in [0.05, 0.1) is 0 Å². The first-order chi connectivity index (χ1) is 5.72. The van der Waals surface area contributed by atoms with Gasteiger partial charge in [-0.25, -0.2) is 0 Å². The Bertz CT molecular complexity index is 177. The minimum Gasteiger partial charge on any atom is -0.353 e. The molecule has 12 heavy (non-hydrogen) atoms. The van der Waals surface area contributed by atoms with Gasteiger partial charge < -0.3 is 5.32 Å². The van der Waals surface area contributed by atoms with Crippen molar-refractivity contribution < 1.29 is 4.79 Å². The predicted octanol–water partition coefficient (Wildman–Crippen LogP) is 1.87. The lowest BCUT2D eigenvalue weighted by Gasteiger charge is -2.12. The molecule has 68 valence electrons. The summed E-state index contributed by atoms with van der Waals surface area (Å²) in [6.07, 6.45) is 5.71. The predicted molar refractivity (Wildman–Crippen MR) is 49.8 cm³/mol. The Morgan fingerprint density at radius 1 is 1.67 bits per heavy atom. The number of rotatable bonds is 2. The van der Waals surface area contributed by atoms with Crippen molar-refractivity contribution in [3.05, 3.63) is 12.7 Å². The van der Waals surface area contributed by atoms with E-state index in [-0.39, 0.29) is 5.91 Å². The summed E-state index contributed by atoms with van der Waals surface area (Å²) in [5.41, 5.74) is 0. The highest BCUT2D eigenvalue weighted by Crippen LogP contribution is 2.17. The number of hydrogen-bond acceptors (Lipinski definition) is 1. The van der Waals surface area contributed by atoms with Gasteiger partial charge >= 0.3 is 0 Å². The van der Waals surface area contributed by atoms with Crippen molar-refractivity contribution in [3.63, 3.8) is 0 Å². The SMILES string of the molecule is C=CCC1CCC(C)CC(=O)N1. The van der Waals surface area contributed by atoms with E-state index in [1.54, 1.807) is 0 Å². The first-order valence-corrected chi connectivity index (χ1v) is 4.62. The zero-order valence-electron chi connectivity index (χ0n) is 7.68. The molecule has 2 unspecified atom stereocenters. The van der Waals surface area contributed by atoms with Crippen LogP contribution in [0.2, 0.25) is 0 Å².